The molecule has 20 heavy (non-hydrogen) atoms. The van der Waals surface area contributed by atoms with Crippen LogP contribution >= 0.6 is 0 Å². The van der Waals surface area contributed by atoms with E-state index in [9.17, 15) is 4.79 Å². The summed E-state index contributed by atoms with van der Waals surface area (Å²) in [6.07, 6.45) is 2.79. The fourth-order valence-corrected chi connectivity index (χ4v) is 2.59. The fraction of sp³-hybridized carbons (Fsp3) is 0.562. The van der Waals surface area contributed by atoms with Crippen LogP contribution < -0.4 is 15.4 Å². The first kappa shape index (κ1) is 14.9. The van der Waals surface area contributed by atoms with Crippen molar-refractivity contribution in [3.8, 4) is 5.75 Å². The Morgan fingerprint density at radius 2 is 2.20 bits per heavy atom. The molecule has 1 fully saturated rings. The zero-order valence-corrected chi connectivity index (χ0v) is 12.3. The lowest BCUT2D eigenvalue weighted by Gasteiger charge is -2.15. The molecular weight excluding hydrogens is 252 g/mol. The summed E-state index contributed by atoms with van der Waals surface area (Å²) in [5.74, 6) is 1.64. The summed E-state index contributed by atoms with van der Waals surface area (Å²) in [5.41, 5.74) is 1.10. The van der Waals surface area contributed by atoms with Crippen LogP contribution in [0.3, 0.4) is 0 Å². The number of hydrogen-bond acceptors (Lipinski definition) is 3. The summed E-state index contributed by atoms with van der Waals surface area (Å²) >= 11 is 0. The standard InChI is InChI=1S/C16H24N2O2/c1-12(14-4-6-15(20-2)7-5-14)18-16(19)8-3-13-9-10-17-11-13/h4-7,12-13,17H,3,8-11H2,1-2H3,(H,18,19)/t12-,13?/m1/s1. The van der Waals surface area contributed by atoms with Crippen LogP contribution in [0, 0.1) is 5.92 Å². The van der Waals surface area contributed by atoms with Gasteiger partial charge < -0.3 is 15.4 Å². The second-order valence-corrected chi connectivity index (χ2v) is 5.46. The van der Waals surface area contributed by atoms with E-state index in [1.165, 1.54) is 6.42 Å². The van der Waals surface area contributed by atoms with Crippen molar-refractivity contribution in [2.45, 2.75) is 32.2 Å². The van der Waals surface area contributed by atoms with Gasteiger partial charge in [-0.15, -0.1) is 0 Å². The van der Waals surface area contributed by atoms with Crippen LogP contribution in [0.1, 0.15) is 37.8 Å². The van der Waals surface area contributed by atoms with Gasteiger partial charge in [0.25, 0.3) is 0 Å². The van der Waals surface area contributed by atoms with Crippen molar-refractivity contribution in [2.75, 3.05) is 20.2 Å². The molecule has 0 bridgehead atoms. The molecule has 1 amide bonds. The Kier molecular flexibility index (Phi) is 5.41. The normalized spacial score (nSPS) is 19.6. The number of hydrogen-bond donors (Lipinski definition) is 2. The smallest absolute Gasteiger partial charge is 0.220 e. The molecule has 4 heteroatoms. The molecule has 1 aliphatic heterocycles. The van der Waals surface area contributed by atoms with Crippen LogP contribution in [0.15, 0.2) is 24.3 Å². The van der Waals surface area contributed by atoms with Gasteiger partial charge in [-0.1, -0.05) is 12.1 Å². The molecule has 2 N–H and O–H groups in total. The van der Waals surface area contributed by atoms with E-state index < -0.39 is 0 Å². The van der Waals surface area contributed by atoms with Gasteiger partial charge >= 0.3 is 0 Å². The Morgan fingerprint density at radius 1 is 1.45 bits per heavy atom. The van der Waals surface area contributed by atoms with Crippen molar-refractivity contribution in [1.82, 2.24) is 10.6 Å². The topological polar surface area (TPSA) is 50.4 Å². The molecule has 1 aromatic carbocycles. The molecule has 1 saturated heterocycles. The maximum absolute atomic E-state index is 12.0. The second-order valence-electron chi connectivity index (χ2n) is 5.46. The van der Waals surface area contributed by atoms with Gasteiger partial charge in [0.2, 0.25) is 5.91 Å². The van der Waals surface area contributed by atoms with Gasteiger partial charge in [0.1, 0.15) is 5.75 Å². The molecule has 4 nitrogen and oxygen atoms in total. The molecule has 110 valence electrons. The number of benzene rings is 1. The average molecular weight is 276 g/mol. The maximum Gasteiger partial charge on any atom is 0.220 e. The second kappa shape index (κ2) is 7.29. The van der Waals surface area contributed by atoms with Crippen molar-refractivity contribution in [3.63, 3.8) is 0 Å². The quantitative estimate of drug-likeness (QED) is 0.838. The highest BCUT2D eigenvalue weighted by molar-refractivity contribution is 5.76. The van der Waals surface area contributed by atoms with E-state index in [4.69, 9.17) is 4.74 Å². The third kappa shape index (κ3) is 4.23. The maximum atomic E-state index is 12.0. The molecule has 1 aromatic rings. The lowest BCUT2D eigenvalue weighted by molar-refractivity contribution is -0.122. The predicted molar refractivity (Wildman–Crippen MR) is 79.8 cm³/mol. The van der Waals surface area contributed by atoms with Gasteiger partial charge in [-0.2, -0.15) is 0 Å². The predicted octanol–water partition coefficient (Wildman–Crippen LogP) is 2.26. The molecule has 0 radical (unpaired) electrons. The SMILES string of the molecule is COc1ccc([C@@H](C)NC(=O)CCC2CCNC2)cc1. The molecule has 1 aliphatic rings. The average Bonchev–Trinajstić information content (AvgIpc) is 2.98. The molecule has 0 saturated carbocycles. The monoisotopic (exact) mass is 276 g/mol. The van der Waals surface area contributed by atoms with E-state index in [2.05, 4.69) is 10.6 Å². The minimum atomic E-state index is 0.0371. The number of rotatable bonds is 6. The summed E-state index contributed by atoms with van der Waals surface area (Å²) in [5, 5.41) is 6.39. The van der Waals surface area contributed by atoms with Gasteiger partial charge in [0.05, 0.1) is 13.2 Å². The van der Waals surface area contributed by atoms with Crippen LogP contribution in [0.2, 0.25) is 0 Å². The molecule has 2 rings (SSSR count). The number of amides is 1. The molecule has 1 unspecified atom stereocenters. The summed E-state index contributed by atoms with van der Waals surface area (Å²) in [7, 11) is 1.65. The van der Waals surface area contributed by atoms with Gasteiger partial charge in [0.15, 0.2) is 0 Å². The number of methoxy groups -OCH3 is 1. The fourth-order valence-electron chi connectivity index (χ4n) is 2.59. The Hall–Kier alpha value is -1.55. The number of carbonyl (C=O) groups excluding carboxylic acids is 1. The highest BCUT2D eigenvalue weighted by Gasteiger charge is 2.16. The van der Waals surface area contributed by atoms with E-state index in [1.54, 1.807) is 7.11 Å². The summed E-state index contributed by atoms with van der Waals surface area (Å²) in [4.78, 5) is 12.0. The zero-order valence-electron chi connectivity index (χ0n) is 12.3. The van der Waals surface area contributed by atoms with Gasteiger partial charge in [-0.25, -0.2) is 0 Å². The van der Waals surface area contributed by atoms with E-state index in [0.717, 1.165) is 30.8 Å². The minimum absolute atomic E-state index is 0.0371. The Labute approximate surface area is 120 Å². The van der Waals surface area contributed by atoms with Crippen molar-refractivity contribution in [2.24, 2.45) is 5.92 Å². The van der Waals surface area contributed by atoms with Crippen LogP contribution in [0.5, 0.6) is 5.75 Å². The first-order valence-corrected chi connectivity index (χ1v) is 7.33. The van der Waals surface area contributed by atoms with Crippen molar-refractivity contribution in [1.29, 1.82) is 0 Å². The Bertz CT molecular complexity index is 425. The van der Waals surface area contributed by atoms with E-state index in [-0.39, 0.29) is 11.9 Å². The molecule has 0 aromatic heterocycles. The van der Waals surface area contributed by atoms with Crippen molar-refractivity contribution in [3.05, 3.63) is 29.8 Å². The van der Waals surface area contributed by atoms with Gasteiger partial charge in [-0.3, -0.25) is 4.79 Å². The lowest BCUT2D eigenvalue weighted by atomic mass is 10.0. The van der Waals surface area contributed by atoms with Crippen molar-refractivity contribution < 1.29 is 9.53 Å². The molecule has 2 atom stereocenters. The highest BCUT2D eigenvalue weighted by Crippen LogP contribution is 2.18. The molecular formula is C16H24N2O2. The highest BCUT2D eigenvalue weighted by atomic mass is 16.5. The summed E-state index contributed by atoms with van der Waals surface area (Å²) in [6.45, 7) is 4.16. The third-order valence-electron chi connectivity index (χ3n) is 3.94. The van der Waals surface area contributed by atoms with Crippen LogP contribution in [0.25, 0.3) is 0 Å². The first-order chi connectivity index (χ1) is 9.69. The Morgan fingerprint density at radius 3 is 2.80 bits per heavy atom. The van der Waals surface area contributed by atoms with Crippen molar-refractivity contribution >= 4 is 5.91 Å². The van der Waals surface area contributed by atoms with E-state index in [1.807, 2.05) is 31.2 Å². The largest absolute Gasteiger partial charge is 0.497 e. The van der Waals surface area contributed by atoms with E-state index >= 15 is 0 Å². The minimum Gasteiger partial charge on any atom is -0.497 e. The van der Waals surface area contributed by atoms with Gasteiger partial charge in [-0.05, 0) is 56.5 Å². The zero-order chi connectivity index (χ0) is 14.4. The van der Waals surface area contributed by atoms with Crippen LogP contribution in [-0.4, -0.2) is 26.1 Å². The van der Waals surface area contributed by atoms with Gasteiger partial charge in [0, 0.05) is 6.42 Å². The first-order valence-electron chi connectivity index (χ1n) is 7.33. The molecule has 1 heterocycles. The Balaban J connectivity index is 1.77. The number of ether oxygens (including phenoxy) is 1. The molecule has 0 aliphatic carbocycles. The van der Waals surface area contributed by atoms with Crippen LogP contribution in [0.4, 0.5) is 0 Å². The van der Waals surface area contributed by atoms with E-state index in [0.29, 0.717) is 12.3 Å². The third-order valence-corrected chi connectivity index (χ3v) is 3.94. The summed E-state index contributed by atoms with van der Waals surface area (Å²) in [6, 6.07) is 7.86. The summed E-state index contributed by atoms with van der Waals surface area (Å²) < 4.78 is 5.13. The van der Waals surface area contributed by atoms with Crippen LogP contribution in [-0.2, 0) is 4.79 Å². The number of carbonyl (C=O) groups is 1. The lowest BCUT2D eigenvalue weighted by Crippen LogP contribution is -2.27. The number of nitrogens with one attached hydrogen (secondary N) is 2. The molecule has 0 spiro atoms.